The van der Waals surface area contributed by atoms with E-state index < -0.39 is 7.14 Å². The molecule has 0 spiro atoms. The van der Waals surface area contributed by atoms with Gasteiger partial charge in [0.2, 0.25) is 0 Å². The van der Waals surface area contributed by atoms with Gasteiger partial charge >= 0.3 is 0 Å². The van der Waals surface area contributed by atoms with Gasteiger partial charge in [-0.3, -0.25) is 0 Å². The Morgan fingerprint density at radius 3 is 1.77 bits per heavy atom. The molecule has 0 aromatic heterocycles. The van der Waals surface area contributed by atoms with Crippen LogP contribution in [0.4, 0.5) is 0 Å². The summed E-state index contributed by atoms with van der Waals surface area (Å²) >= 11 is 0. The zero-order chi connectivity index (χ0) is 19.3. The van der Waals surface area contributed by atoms with Gasteiger partial charge < -0.3 is 14.0 Å². The smallest absolute Gasteiger partial charge is 0.131 e. The predicted molar refractivity (Wildman–Crippen MR) is 112 cm³/mol. The van der Waals surface area contributed by atoms with Crippen molar-refractivity contribution in [3.63, 3.8) is 0 Å². The third kappa shape index (κ3) is 4.51. The highest BCUT2D eigenvalue weighted by Gasteiger charge is 2.27. The average molecular weight is 374 g/mol. The van der Waals surface area contributed by atoms with Gasteiger partial charge in [-0.1, -0.05) is 44.2 Å². The molecular weight excluding hydrogens is 343 g/mol. The van der Waals surface area contributed by atoms with Crippen molar-refractivity contribution in [1.29, 1.82) is 0 Å². The van der Waals surface area contributed by atoms with Crippen LogP contribution >= 0.6 is 7.14 Å². The fourth-order valence-electron chi connectivity index (χ4n) is 3.09. The van der Waals surface area contributed by atoms with Crippen LogP contribution in [0.25, 0.3) is 11.1 Å². The second kappa shape index (κ2) is 8.77. The van der Waals surface area contributed by atoms with E-state index in [2.05, 4.69) is 0 Å². The molecule has 0 atom stereocenters. The van der Waals surface area contributed by atoms with Gasteiger partial charge in [-0.05, 0) is 45.4 Å². The molecule has 0 radical (unpaired) electrons. The van der Waals surface area contributed by atoms with Crippen molar-refractivity contribution >= 4 is 12.4 Å². The van der Waals surface area contributed by atoms with Crippen molar-refractivity contribution in [3.05, 3.63) is 42.5 Å². The fraction of sp³-hybridized carbons (Fsp3) is 0.455. The summed E-state index contributed by atoms with van der Waals surface area (Å²) in [5.74, 6) is 1.54. The fourth-order valence-corrected chi connectivity index (χ4v) is 5.20. The van der Waals surface area contributed by atoms with E-state index >= 15 is 0 Å². The minimum atomic E-state index is -2.46. The molecule has 2 aromatic carbocycles. The summed E-state index contributed by atoms with van der Waals surface area (Å²) in [5, 5.41) is 0.915. The first-order valence-electron chi connectivity index (χ1n) is 9.46. The zero-order valence-electron chi connectivity index (χ0n) is 16.8. The highest BCUT2D eigenvalue weighted by Crippen LogP contribution is 2.49. The van der Waals surface area contributed by atoms with Crippen LogP contribution in [0, 0.1) is 0 Å². The lowest BCUT2D eigenvalue weighted by atomic mass is 10.0. The van der Waals surface area contributed by atoms with Crippen molar-refractivity contribution in [2.75, 3.05) is 12.3 Å². The zero-order valence-corrected chi connectivity index (χ0v) is 17.7. The molecule has 0 aliphatic carbocycles. The van der Waals surface area contributed by atoms with Gasteiger partial charge in [0, 0.05) is 17.6 Å². The Morgan fingerprint density at radius 1 is 0.808 bits per heavy atom. The van der Waals surface area contributed by atoms with E-state index in [-0.39, 0.29) is 12.2 Å². The number of benzene rings is 2. The standard InChI is InChI=1S/C22H31O3P/c1-7-26(23,8-2)21-15-10-9-12-18(21)22-19(24-16(3)4)13-11-14-20(22)25-17(5)6/h9-17H,7-8H2,1-6H3. The molecule has 0 N–H and O–H groups in total. The van der Waals surface area contributed by atoms with Crippen LogP contribution in [0.2, 0.25) is 0 Å². The van der Waals surface area contributed by atoms with Gasteiger partial charge in [-0.15, -0.1) is 0 Å². The molecule has 0 amide bonds. The molecule has 3 nitrogen and oxygen atoms in total. The summed E-state index contributed by atoms with van der Waals surface area (Å²) in [4.78, 5) is 0. The van der Waals surface area contributed by atoms with Gasteiger partial charge in [0.05, 0.1) is 17.8 Å². The first-order chi connectivity index (χ1) is 12.3. The van der Waals surface area contributed by atoms with Crippen molar-refractivity contribution in [2.45, 2.75) is 53.8 Å². The van der Waals surface area contributed by atoms with Crippen LogP contribution in [0.15, 0.2) is 42.5 Å². The summed E-state index contributed by atoms with van der Waals surface area (Å²) in [6.07, 6.45) is 1.38. The second-order valence-electron chi connectivity index (χ2n) is 7.00. The molecule has 0 saturated carbocycles. The molecule has 0 heterocycles. The van der Waals surface area contributed by atoms with E-state index in [1.54, 1.807) is 0 Å². The molecule has 0 aliphatic heterocycles. The molecule has 0 fully saturated rings. The van der Waals surface area contributed by atoms with Crippen molar-refractivity contribution < 1.29 is 14.0 Å². The van der Waals surface area contributed by atoms with E-state index in [1.807, 2.05) is 84.0 Å². The van der Waals surface area contributed by atoms with Crippen LogP contribution < -0.4 is 14.8 Å². The Labute approximate surface area is 158 Å². The van der Waals surface area contributed by atoms with Gasteiger partial charge in [-0.2, -0.15) is 0 Å². The Bertz CT molecular complexity index is 744. The maximum atomic E-state index is 13.5. The first-order valence-corrected chi connectivity index (χ1v) is 11.5. The molecule has 0 unspecified atom stereocenters. The third-order valence-corrected chi connectivity index (χ3v) is 7.66. The lowest BCUT2D eigenvalue weighted by Crippen LogP contribution is -2.15. The predicted octanol–water partition coefficient (Wildman–Crippen LogP) is 5.96. The second-order valence-corrected chi connectivity index (χ2v) is 10.5. The average Bonchev–Trinajstić information content (AvgIpc) is 2.60. The topological polar surface area (TPSA) is 35.5 Å². The monoisotopic (exact) mass is 374 g/mol. The Morgan fingerprint density at radius 2 is 1.31 bits per heavy atom. The van der Waals surface area contributed by atoms with E-state index in [9.17, 15) is 4.57 Å². The number of rotatable bonds is 8. The van der Waals surface area contributed by atoms with Crippen molar-refractivity contribution in [3.8, 4) is 22.6 Å². The van der Waals surface area contributed by atoms with Gasteiger partial charge in [0.15, 0.2) is 0 Å². The van der Waals surface area contributed by atoms with E-state index in [0.29, 0.717) is 12.3 Å². The maximum absolute atomic E-state index is 13.5. The Kier molecular flexibility index (Phi) is 6.94. The molecule has 4 heteroatoms. The quantitative estimate of drug-likeness (QED) is 0.535. The van der Waals surface area contributed by atoms with Crippen molar-refractivity contribution in [1.82, 2.24) is 0 Å². The first kappa shape index (κ1) is 20.6. The van der Waals surface area contributed by atoms with E-state index in [1.165, 1.54) is 0 Å². The summed E-state index contributed by atoms with van der Waals surface area (Å²) < 4.78 is 25.7. The van der Waals surface area contributed by atoms with E-state index in [0.717, 1.165) is 27.9 Å². The molecule has 26 heavy (non-hydrogen) atoms. The van der Waals surface area contributed by atoms with Gasteiger partial charge in [0.1, 0.15) is 18.6 Å². The molecule has 2 rings (SSSR count). The van der Waals surface area contributed by atoms with Gasteiger partial charge in [-0.25, -0.2) is 0 Å². The number of hydrogen-bond donors (Lipinski definition) is 0. The number of ether oxygens (including phenoxy) is 2. The summed E-state index contributed by atoms with van der Waals surface area (Å²) in [6.45, 7) is 12.0. The maximum Gasteiger partial charge on any atom is 0.131 e. The minimum Gasteiger partial charge on any atom is -0.490 e. The van der Waals surface area contributed by atoms with Crippen LogP contribution in [0.1, 0.15) is 41.5 Å². The van der Waals surface area contributed by atoms with Crippen LogP contribution in [-0.2, 0) is 4.57 Å². The molecule has 142 valence electrons. The molecule has 2 aromatic rings. The lowest BCUT2D eigenvalue weighted by Gasteiger charge is -2.23. The lowest BCUT2D eigenvalue weighted by molar-refractivity contribution is 0.231. The largest absolute Gasteiger partial charge is 0.490 e. The SMILES string of the molecule is CCP(=O)(CC)c1ccccc1-c1c(OC(C)C)cccc1OC(C)C. The molecule has 0 aliphatic rings. The number of hydrogen-bond acceptors (Lipinski definition) is 3. The molecule has 0 bridgehead atoms. The van der Waals surface area contributed by atoms with Crippen molar-refractivity contribution in [2.24, 2.45) is 0 Å². The highest BCUT2D eigenvalue weighted by molar-refractivity contribution is 7.71. The molecule has 0 saturated heterocycles. The Balaban J connectivity index is 2.76. The summed E-state index contributed by atoms with van der Waals surface area (Å²) in [6, 6.07) is 13.8. The summed E-state index contributed by atoms with van der Waals surface area (Å²) in [7, 11) is -2.46. The summed E-state index contributed by atoms with van der Waals surface area (Å²) in [5.41, 5.74) is 1.85. The van der Waals surface area contributed by atoms with Crippen LogP contribution in [0.5, 0.6) is 11.5 Å². The third-order valence-electron chi connectivity index (χ3n) is 4.35. The van der Waals surface area contributed by atoms with E-state index in [4.69, 9.17) is 9.47 Å². The van der Waals surface area contributed by atoms with Crippen LogP contribution in [-0.4, -0.2) is 24.5 Å². The highest BCUT2D eigenvalue weighted by atomic mass is 31.2. The van der Waals surface area contributed by atoms with Gasteiger partial charge in [0.25, 0.3) is 0 Å². The minimum absolute atomic E-state index is 0.0411. The Hall–Kier alpha value is -1.73. The van der Waals surface area contributed by atoms with Crippen LogP contribution in [0.3, 0.4) is 0 Å². The molecular formula is C22H31O3P. The normalized spacial score (nSPS) is 11.8.